The van der Waals surface area contributed by atoms with Crippen LogP contribution >= 0.6 is 11.8 Å². The molecule has 3 N–H and O–H groups in total. The molecule has 2 aromatic heterocycles. The van der Waals surface area contributed by atoms with Gasteiger partial charge in [-0.3, -0.25) is 0 Å². The fraction of sp³-hybridized carbons (Fsp3) is 0.250. The van der Waals surface area contributed by atoms with Crippen LogP contribution in [0.15, 0.2) is 23.4 Å². The maximum Gasteiger partial charge on any atom is 0.166 e. The number of nitrogens with one attached hydrogen (secondary N) is 1. The number of rotatable bonds is 3. The van der Waals surface area contributed by atoms with Gasteiger partial charge in [-0.1, -0.05) is 11.8 Å². The number of anilines is 1. The molecule has 0 aliphatic heterocycles. The Hall–Kier alpha value is -2.02. The second-order valence-electron chi connectivity index (χ2n) is 4.33. The fourth-order valence-corrected chi connectivity index (χ4v) is 2.64. The number of nitrogens with two attached hydrogens (primary N) is 1. The Balaban J connectivity index is 1.80. The zero-order chi connectivity index (χ0) is 13.4. The third-order valence-electron chi connectivity index (χ3n) is 3.00. The van der Waals surface area contributed by atoms with Gasteiger partial charge < -0.3 is 15.3 Å². The predicted molar refractivity (Wildman–Crippen MR) is 75.8 cm³/mol. The molecule has 6 nitrogen and oxygen atoms in total. The van der Waals surface area contributed by atoms with Gasteiger partial charge in [0, 0.05) is 12.7 Å². The number of imidazole rings is 1. The van der Waals surface area contributed by atoms with Crippen LogP contribution in [0.25, 0.3) is 11.0 Å². The van der Waals surface area contributed by atoms with Crippen LogP contribution in [0.1, 0.15) is 11.6 Å². The first-order chi connectivity index (χ1) is 9.13. The van der Waals surface area contributed by atoms with E-state index in [1.807, 2.05) is 36.7 Å². The Labute approximate surface area is 114 Å². The molecule has 0 atom stereocenters. The summed E-state index contributed by atoms with van der Waals surface area (Å²) in [6, 6.07) is 5.65. The van der Waals surface area contributed by atoms with Gasteiger partial charge in [-0.25, -0.2) is 4.98 Å². The van der Waals surface area contributed by atoms with Crippen LogP contribution in [0.4, 0.5) is 5.69 Å². The van der Waals surface area contributed by atoms with Crippen molar-refractivity contribution in [2.45, 2.75) is 17.8 Å². The van der Waals surface area contributed by atoms with Gasteiger partial charge >= 0.3 is 0 Å². The van der Waals surface area contributed by atoms with Crippen molar-refractivity contribution in [3.63, 3.8) is 0 Å². The highest BCUT2D eigenvalue weighted by Gasteiger charge is 2.08. The van der Waals surface area contributed by atoms with Crippen molar-refractivity contribution in [1.29, 1.82) is 0 Å². The molecule has 3 aromatic rings. The lowest BCUT2D eigenvalue weighted by atomic mass is 10.3. The van der Waals surface area contributed by atoms with E-state index in [0.717, 1.165) is 39.3 Å². The van der Waals surface area contributed by atoms with E-state index in [-0.39, 0.29) is 0 Å². The highest BCUT2D eigenvalue weighted by molar-refractivity contribution is 7.98. The molecular formula is C12H14N6S. The smallest absolute Gasteiger partial charge is 0.166 e. The van der Waals surface area contributed by atoms with Crippen LogP contribution in [0.3, 0.4) is 0 Å². The summed E-state index contributed by atoms with van der Waals surface area (Å²) in [6.45, 7) is 1.94. The van der Waals surface area contributed by atoms with Crippen LogP contribution in [0.5, 0.6) is 0 Å². The van der Waals surface area contributed by atoms with Crippen LogP contribution in [-0.4, -0.2) is 24.7 Å². The van der Waals surface area contributed by atoms with Crippen LogP contribution in [0, 0.1) is 6.92 Å². The maximum atomic E-state index is 5.74. The van der Waals surface area contributed by atoms with Crippen molar-refractivity contribution in [3.8, 4) is 0 Å². The summed E-state index contributed by atoms with van der Waals surface area (Å²) in [7, 11) is 1.96. The van der Waals surface area contributed by atoms with Crippen LogP contribution in [-0.2, 0) is 12.8 Å². The number of aromatic nitrogens is 5. The SMILES string of the molecule is Cc1nnc(CSc2nc3ccc(N)cc3[nH]2)n1C. The number of benzene rings is 1. The second-order valence-corrected chi connectivity index (χ2v) is 5.29. The normalized spacial score (nSPS) is 11.3. The zero-order valence-electron chi connectivity index (χ0n) is 10.7. The first kappa shape index (κ1) is 12.0. The standard InChI is InChI=1S/C12H14N6S/c1-7-16-17-11(18(7)2)6-19-12-14-9-4-3-8(13)5-10(9)15-12/h3-5H,6,13H2,1-2H3,(H,14,15). The minimum Gasteiger partial charge on any atom is -0.399 e. The Morgan fingerprint density at radius 3 is 2.95 bits per heavy atom. The van der Waals surface area contributed by atoms with E-state index in [0.29, 0.717) is 0 Å². The van der Waals surface area contributed by atoms with Gasteiger partial charge in [0.15, 0.2) is 5.16 Å². The highest BCUT2D eigenvalue weighted by atomic mass is 32.2. The van der Waals surface area contributed by atoms with Gasteiger partial charge in [0.2, 0.25) is 0 Å². The van der Waals surface area contributed by atoms with E-state index in [2.05, 4.69) is 20.2 Å². The second kappa shape index (κ2) is 4.58. The van der Waals surface area contributed by atoms with E-state index in [9.17, 15) is 0 Å². The Morgan fingerprint density at radius 2 is 2.21 bits per heavy atom. The molecule has 0 unspecified atom stereocenters. The van der Waals surface area contributed by atoms with E-state index < -0.39 is 0 Å². The molecule has 0 amide bonds. The molecule has 0 saturated carbocycles. The summed E-state index contributed by atoms with van der Waals surface area (Å²) in [5, 5.41) is 9.03. The third-order valence-corrected chi connectivity index (χ3v) is 3.87. The lowest BCUT2D eigenvalue weighted by molar-refractivity contribution is 0.816. The maximum absolute atomic E-state index is 5.74. The number of nitrogen functional groups attached to an aromatic ring is 1. The molecule has 19 heavy (non-hydrogen) atoms. The fourth-order valence-electron chi connectivity index (χ4n) is 1.78. The summed E-state index contributed by atoms with van der Waals surface area (Å²) in [5.41, 5.74) is 8.35. The summed E-state index contributed by atoms with van der Waals surface area (Å²) >= 11 is 1.60. The summed E-state index contributed by atoms with van der Waals surface area (Å²) < 4.78 is 1.98. The van der Waals surface area contributed by atoms with Crippen LogP contribution in [0.2, 0.25) is 0 Å². The molecule has 7 heteroatoms. The molecule has 3 rings (SSSR count). The quantitative estimate of drug-likeness (QED) is 0.562. The number of fused-ring (bicyclic) bond motifs is 1. The van der Waals surface area contributed by atoms with Crippen molar-refractivity contribution in [1.82, 2.24) is 24.7 Å². The Bertz CT molecular complexity index is 729. The minimum atomic E-state index is 0.729. The number of hydrogen-bond donors (Lipinski definition) is 2. The van der Waals surface area contributed by atoms with Gasteiger partial charge in [-0.15, -0.1) is 10.2 Å². The number of hydrogen-bond acceptors (Lipinski definition) is 5. The Kier molecular flexibility index (Phi) is 2.90. The van der Waals surface area contributed by atoms with Gasteiger partial charge in [0.1, 0.15) is 11.6 Å². The first-order valence-corrected chi connectivity index (χ1v) is 6.85. The third kappa shape index (κ3) is 2.28. The largest absolute Gasteiger partial charge is 0.399 e. The molecule has 0 radical (unpaired) electrons. The number of aryl methyl sites for hydroxylation is 1. The molecule has 0 saturated heterocycles. The van der Waals surface area contributed by atoms with E-state index in [4.69, 9.17) is 5.73 Å². The molecule has 98 valence electrons. The predicted octanol–water partition coefficient (Wildman–Crippen LogP) is 1.87. The molecule has 0 spiro atoms. The average Bonchev–Trinajstić information content (AvgIpc) is 2.92. The zero-order valence-corrected chi connectivity index (χ0v) is 11.5. The van der Waals surface area contributed by atoms with Crippen molar-refractivity contribution < 1.29 is 0 Å². The first-order valence-electron chi connectivity index (χ1n) is 5.86. The van der Waals surface area contributed by atoms with Gasteiger partial charge in [-0.05, 0) is 25.1 Å². The summed E-state index contributed by atoms with van der Waals surface area (Å²) in [5.74, 6) is 2.57. The van der Waals surface area contributed by atoms with E-state index in [1.54, 1.807) is 11.8 Å². The molecular weight excluding hydrogens is 260 g/mol. The summed E-state index contributed by atoms with van der Waals surface area (Å²) in [4.78, 5) is 7.75. The Morgan fingerprint density at radius 1 is 1.37 bits per heavy atom. The number of nitrogens with zero attached hydrogens (tertiary/aromatic N) is 4. The number of aromatic amines is 1. The molecule has 0 aliphatic carbocycles. The number of thioether (sulfide) groups is 1. The van der Waals surface area contributed by atoms with Crippen molar-refractivity contribution in [2.75, 3.05) is 5.73 Å². The lowest BCUT2D eigenvalue weighted by Crippen LogP contribution is -1.97. The van der Waals surface area contributed by atoms with Crippen molar-refractivity contribution in [3.05, 3.63) is 29.8 Å². The molecule has 0 aliphatic rings. The molecule has 2 heterocycles. The minimum absolute atomic E-state index is 0.729. The highest BCUT2D eigenvalue weighted by Crippen LogP contribution is 2.23. The van der Waals surface area contributed by atoms with Gasteiger partial charge in [0.25, 0.3) is 0 Å². The van der Waals surface area contributed by atoms with E-state index >= 15 is 0 Å². The monoisotopic (exact) mass is 274 g/mol. The van der Waals surface area contributed by atoms with E-state index in [1.165, 1.54) is 0 Å². The number of H-pyrrole nitrogens is 1. The molecule has 1 aromatic carbocycles. The van der Waals surface area contributed by atoms with Gasteiger partial charge in [0.05, 0.1) is 16.8 Å². The summed E-state index contributed by atoms with van der Waals surface area (Å²) in [6.07, 6.45) is 0. The van der Waals surface area contributed by atoms with Crippen molar-refractivity contribution in [2.24, 2.45) is 7.05 Å². The van der Waals surface area contributed by atoms with Crippen LogP contribution < -0.4 is 5.73 Å². The lowest BCUT2D eigenvalue weighted by Gasteiger charge is -1.99. The topological polar surface area (TPSA) is 85.4 Å². The van der Waals surface area contributed by atoms with Gasteiger partial charge in [-0.2, -0.15) is 0 Å². The van der Waals surface area contributed by atoms with Crippen molar-refractivity contribution >= 4 is 28.5 Å². The average molecular weight is 274 g/mol. The molecule has 0 bridgehead atoms. The molecule has 0 fully saturated rings.